The average molecular weight is 451 g/mol. The highest BCUT2D eigenvalue weighted by Gasteiger charge is 2.29. The average Bonchev–Trinajstić information content (AvgIpc) is 3.29. The number of thiazole rings is 1. The highest BCUT2D eigenvalue weighted by molar-refractivity contribution is 7.13. The topological polar surface area (TPSA) is 50.3 Å². The van der Waals surface area contributed by atoms with Crippen molar-refractivity contribution in [1.29, 1.82) is 0 Å². The van der Waals surface area contributed by atoms with Gasteiger partial charge < -0.3 is 4.90 Å². The van der Waals surface area contributed by atoms with Crippen LogP contribution in [-0.4, -0.2) is 34.7 Å². The Balaban J connectivity index is 1.36. The highest BCUT2D eigenvalue weighted by Crippen LogP contribution is 2.28. The van der Waals surface area contributed by atoms with Gasteiger partial charge in [-0.1, -0.05) is 50.2 Å². The van der Waals surface area contributed by atoms with E-state index in [4.69, 9.17) is 0 Å². The van der Waals surface area contributed by atoms with Gasteiger partial charge in [-0.2, -0.15) is 0 Å². The summed E-state index contributed by atoms with van der Waals surface area (Å²) in [5, 5.41) is 2.18. The molecule has 0 N–H and O–H groups in total. The summed E-state index contributed by atoms with van der Waals surface area (Å²) in [4.78, 5) is 31.9. The van der Waals surface area contributed by atoms with E-state index in [2.05, 4.69) is 18.8 Å². The van der Waals surface area contributed by atoms with Gasteiger partial charge in [-0.25, -0.2) is 9.37 Å². The lowest BCUT2D eigenvalue weighted by molar-refractivity contribution is 0.0646. The Bertz CT molecular complexity index is 1100. The summed E-state index contributed by atoms with van der Waals surface area (Å²) in [5.74, 6) is 0.159. The Hall–Kier alpha value is -2.86. The number of ketones is 1. The number of hydrogen-bond donors (Lipinski definition) is 0. The molecule has 0 bridgehead atoms. The number of carbonyl (C=O) groups is 2. The molecule has 0 atom stereocenters. The van der Waals surface area contributed by atoms with Crippen LogP contribution >= 0.6 is 11.3 Å². The number of halogens is 1. The van der Waals surface area contributed by atoms with Crippen molar-refractivity contribution in [2.45, 2.75) is 33.1 Å². The lowest BCUT2D eigenvalue weighted by Crippen LogP contribution is -2.40. The van der Waals surface area contributed by atoms with Crippen LogP contribution in [0.3, 0.4) is 0 Å². The monoisotopic (exact) mass is 450 g/mol. The van der Waals surface area contributed by atoms with Crippen molar-refractivity contribution in [3.05, 3.63) is 76.5 Å². The minimum Gasteiger partial charge on any atom is -0.337 e. The van der Waals surface area contributed by atoms with Crippen LogP contribution in [0.15, 0.2) is 53.9 Å². The molecule has 1 aromatic heterocycles. The second kappa shape index (κ2) is 9.74. The first kappa shape index (κ1) is 22.3. The first-order valence-electron chi connectivity index (χ1n) is 11.0. The SMILES string of the molecule is CC(C)Cc1ccc(C(=O)C2CCN(C(=O)c3csc(-c4ccccc4F)n3)CC2)cc1. The van der Waals surface area contributed by atoms with Crippen LogP contribution in [0.4, 0.5) is 4.39 Å². The third kappa shape index (κ3) is 4.96. The third-order valence-corrected chi connectivity index (χ3v) is 6.74. The standard InChI is InChI=1S/C26H27FN2O2S/c1-17(2)15-18-7-9-19(10-8-18)24(30)20-11-13-29(14-12-20)26(31)23-16-32-25(28-23)21-5-3-4-6-22(21)27/h3-10,16-17,20H,11-15H2,1-2H3. The lowest BCUT2D eigenvalue weighted by Gasteiger charge is -2.31. The molecule has 0 aliphatic carbocycles. The smallest absolute Gasteiger partial charge is 0.273 e. The molecule has 4 nitrogen and oxygen atoms in total. The van der Waals surface area contributed by atoms with E-state index in [0.29, 0.717) is 48.1 Å². The maximum atomic E-state index is 14.0. The molecule has 2 aromatic carbocycles. The summed E-state index contributed by atoms with van der Waals surface area (Å²) in [6.45, 7) is 5.40. The van der Waals surface area contributed by atoms with Crippen LogP contribution in [0, 0.1) is 17.7 Å². The molecule has 4 rings (SSSR count). The molecule has 1 aliphatic heterocycles. The Labute approximate surface area is 192 Å². The summed E-state index contributed by atoms with van der Waals surface area (Å²) in [6, 6.07) is 14.4. The molecule has 0 radical (unpaired) electrons. The van der Waals surface area contributed by atoms with Crippen molar-refractivity contribution in [2.24, 2.45) is 11.8 Å². The normalized spacial score (nSPS) is 14.7. The first-order chi connectivity index (χ1) is 15.4. The number of aromatic nitrogens is 1. The minimum atomic E-state index is -0.350. The van der Waals surface area contributed by atoms with E-state index in [9.17, 15) is 14.0 Å². The van der Waals surface area contributed by atoms with Gasteiger partial charge in [-0.15, -0.1) is 11.3 Å². The third-order valence-electron chi connectivity index (χ3n) is 5.86. The number of likely N-dealkylation sites (tertiary alicyclic amines) is 1. The molecule has 166 valence electrons. The summed E-state index contributed by atoms with van der Waals surface area (Å²) in [7, 11) is 0. The van der Waals surface area contributed by atoms with Gasteiger partial charge in [0.1, 0.15) is 16.5 Å². The largest absolute Gasteiger partial charge is 0.337 e. The van der Waals surface area contributed by atoms with Gasteiger partial charge >= 0.3 is 0 Å². The molecule has 1 saturated heterocycles. The van der Waals surface area contributed by atoms with E-state index in [0.717, 1.165) is 12.0 Å². The van der Waals surface area contributed by atoms with E-state index in [1.54, 1.807) is 28.5 Å². The van der Waals surface area contributed by atoms with Gasteiger partial charge in [0.15, 0.2) is 5.78 Å². The van der Waals surface area contributed by atoms with Gasteiger partial charge in [0.25, 0.3) is 5.91 Å². The van der Waals surface area contributed by atoms with Crippen LogP contribution in [-0.2, 0) is 6.42 Å². The first-order valence-corrected chi connectivity index (χ1v) is 11.9. The predicted octanol–water partition coefficient (Wildman–Crippen LogP) is 5.88. The van der Waals surface area contributed by atoms with Gasteiger partial charge in [-0.3, -0.25) is 9.59 Å². The Morgan fingerprint density at radius 2 is 1.78 bits per heavy atom. The van der Waals surface area contributed by atoms with Crippen molar-refractivity contribution in [1.82, 2.24) is 9.88 Å². The van der Waals surface area contributed by atoms with Crippen molar-refractivity contribution < 1.29 is 14.0 Å². The molecule has 1 aliphatic rings. The van der Waals surface area contributed by atoms with Crippen LogP contribution in [0.2, 0.25) is 0 Å². The molecule has 0 spiro atoms. The number of piperidine rings is 1. The Kier molecular flexibility index (Phi) is 6.80. The molecule has 1 amide bonds. The van der Waals surface area contributed by atoms with E-state index < -0.39 is 0 Å². The number of hydrogen-bond acceptors (Lipinski definition) is 4. The number of amides is 1. The van der Waals surface area contributed by atoms with Crippen molar-refractivity contribution in [3.8, 4) is 10.6 Å². The van der Waals surface area contributed by atoms with E-state index in [1.165, 1.54) is 23.0 Å². The fraction of sp³-hybridized carbons (Fsp3) is 0.346. The van der Waals surface area contributed by atoms with Crippen LogP contribution < -0.4 is 0 Å². The summed E-state index contributed by atoms with van der Waals surface area (Å²) < 4.78 is 14.0. The Morgan fingerprint density at radius 3 is 2.44 bits per heavy atom. The number of carbonyl (C=O) groups excluding carboxylic acids is 2. The molecule has 32 heavy (non-hydrogen) atoms. The van der Waals surface area contributed by atoms with Crippen molar-refractivity contribution >= 4 is 23.0 Å². The zero-order valence-corrected chi connectivity index (χ0v) is 19.2. The van der Waals surface area contributed by atoms with Crippen LogP contribution in [0.5, 0.6) is 0 Å². The van der Waals surface area contributed by atoms with Gasteiger partial charge in [-0.05, 0) is 42.9 Å². The minimum absolute atomic E-state index is 0.0700. The van der Waals surface area contributed by atoms with Gasteiger partial charge in [0.2, 0.25) is 0 Å². The second-order valence-corrected chi connectivity index (χ2v) is 9.60. The molecule has 3 aromatic rings. The quantitative estimate of drug-likeness (QED) is 0.441. The molecule has 0 saturated carbocycles. The van der Waals surface area contributed by atoms with E-state index in [-0.39, 0.29) is 23.4 Å². The zero-order valence-electron chi connectivity index (χ0n) is 18.4. The number of benzene rings is 2. The van der Waals surface area contributed by atoms with E-state index in [1.807, 2.05) is 24.3 Å². The van der Waals surface area contributed by atoms with Crippen LogP contribution in [0.1, 0.15) is 53.1 Å². The fourth-order valence-electron chi connectivity index (χ4n) is 4.15. The van der Waals surface area contributed by atoms with Crippen LogP contribution in [0.25, 0.3) is 10.6 Å². The summed E-state index contributed by atoms with van der Waals surface area (Å²) >= 11 is 1.26. The fourth-order valence-corrected chi connectivity index (χ4v) is 4.97. The van der Waals surface area contributed by atoms with Crippen molar-refractivity contribution in [3.63, 3.8) is 0 Å². The maximum Gasteiger partial charge on any atom is 0.273 e. The molecule has 0 unspecified atom stereocenters. The summed E-state index contributed by atoms with van der Waals surface area (Å²) in [5.41, 5.74) is 2.73. The molecule has 2 heterocycles. The molecule has 6 heteroatoms. The lowest BCUT2D eigenvalue weighted by atomic mass is 9.88. The second-order valence-electron chi connectivity index (χ2n) is 8.74. The molecular formula is C26H27FN2O2S. The Morgan fingerprint density at radius 1 is 1.09 bits per heavy atom. The summed E-state index contributed by atoms with van der Waals surface area (Å²) in [6.07, 6.45) is 2.29. The number of Topliss-reactive ketones (excluding diaryl/α,β-unsaturated/α-hetero) is 1. The number of nitrogens with zero attached hydrogens (tertiary/aromatic N) is 2. The zero-order chi connectivity index (χ0) is 22.7. The van der Waals surface area contributed by atoms with E-state index >= 15 is 0 Å². The highest BCUT2D eigenvalue weighted by atomic mass is 32.1. The molecular weight excluding hydrogens is 423 g/mol. The van der Waals surface area contributed by atoms with Crippen molar-refractivity contribution in [2.75, 3.05) is 13.1 Å². The van der Waals surface area contributed by atoms with Gasteiger partial charge in [0, 0.05) is 35.5 Å². The predicted molar refractivity (Wildman–Crippen MR) is 125 cm³/mol. The number of rotatable bonds is 6. The molecule has 1 fully saturated rings. The maximum absolute atomic E-state index is 14.0. The van der Waals surface area contributed by atoms with Gasteiger partial charge in [0.05, 0.1) is 0 Å².